The maximum Gasteiger partial charge on any atom is 0.272 e. The van der Waals surface area contributed by atoms with Crippen LogP contribution in [0.3, 0.4) is 0 Å². The molecule has 18 heavy (non-hydrogen) atoms. The highest BCUT2D eigenvalue weighted by Gasteiger charge is 2.34. The molecule has 1 aliphatic rings. The van der Waals surface area contributed by atoms with E-state index in [1.54, 1.807) is 12.3 Å². The van der Waals surface area contributed by atoms with Crippen LogP contribution in [0, 0.1) is 11.3 Å². The van der Waals surface area contributed by atoms with E-state index in [-0.39, 0.29) is 11.3 Å². The van der Waals surface area contributed by atoms with Gasteiger partial charge in [0.05, 0.1) is 0 Å². The molecule has 98 valence electrons. The summed E-state index contributed by atoms with van der Waals surface area (Å²) in [5.41, 5.74) is 0.801. The van der Waals surface area contributed by atoms with Crippen molar-refractivity contribution in [3.63, 3.8) is 0 Å². The average molecular weight is 311 g/mol. The normalized spacial score (nSPS) is 20.2. The average Bonchev–Trinajstić information content (AvgIpc) is 2.78. The van der Waals surface area contributed by atoms with Gasteiger partial charge in [-0.1, -0.05) is 20.8 Å². The molecule has 3 nitrogen and oxygen atoms in total. The molecule has 1 aromatic heterocycles. The van der Waals surface area contributed by atoms with Gasteiger partial charge in [0.2, 0.25) is 0 Å². The lowest BCUT2D eigenvalue weighted by molar-refractivity contribution is 0.0771. The molecule has 1 saturated heterocycles. The lowest BCUT2D eigenvalue weighted by Gasteiger charge is -2.26. The molecule has 0 spiro atoms. The van der Waals surface area contributed by atoms with Crippen molar-refractivity contribution in [1.82, 2.24) is 9.88 Å². The molecule has 4 heteroatoms. The van der Waals surface area contributed by atoms with Gasteiger partial charge in [-0.05, 0) is 45.8 Å². The molecule has 2 heterocycles. The number of amides is 1. The van der Waals surface area contributed by atoms with Crippen molar-refractivity contribution >= 4 is 21.8 Å². The largest absolute Gasteiger partial charge is 0.337 e. The van der Waals surface area contributed by atoms with E-state index in [0.717, 1.165) is 24.0 Å². The van der Waals surface area contributed by atoms with Gasteiger partial charge in [-0.2, -0.15) is 0 Å². The number of pyridine rings is 1. The zero-order valence-corrected chi connectivity index (χ0v) is 12.7. The van der Waals surface area contributed by atoms with Crippen LogP contribution in [-0.4, -0.2) is 28.9 Å². The number of hydrogen-bond acceptors (Lipinski definition) is 2. The zero-order chi connectivity index (χ0) is 13.3. The fourth-order valence-electron chi connectivity index (χ4n) is 2.32. The van der Waals surface area contributed by atoms with Crippen LogP contribution in [0.1, 0.15) is 37.7 Å². The summed E-state index contributed by atoms with van der Waals surface area (Å²) in [4.78, 5) is 18.4. The van der Waals surface area contributed by atoms with Gasteiger partial charge in [0.1, 0.15) is 5.69 Å². The highest BCUT2D eigenvalue weighted by molar-refractivity contribution is 9.10. The Kier molecular flexibility index (Phi) is 3.76. The molecule has 0 aliphatic carbocycles. The van der Waals surface area contributed by atoms with Crippen molar-refractivity contribution in [2.45, 2.75) is 27.2 Å². The lowest BCUT2D eigenvalue weighted by Crippen LogP contribution is -2.31. The number of carbonyl (C=O) groups excluding carboxylic acids is 1. The summed E-state index contributed by atoms with van der Waals surface area (Å²) in [7, 11) is 0. The Morgan fingerprint density at radius 3 is 2.67 bits per heavy atom. The lowest BCUT2D eigenvalue weighted by atomic mass is 9.80. The number of aromatic nitrogens is 1. The summed E-state index contributed by atoms with van der Waals surface area (Å²) in [6.07, 6.45) is 2.76. The van der Waals surface area contributed by atoms with Crippen LogP contribution in [0.2, 0.25) is 0 Å². The van der Waals surface area contributed by atoms with Crippen molar-refractivity contribution in [3.8, 4) is 0 Å². The number of nitrogens with zero attached hydrogens (tertiary/aromatic N) is 2. The Morgan fingerprint density at radius 1 is 1.44 bits per heavy atom. The molecule has 2 rings (SSSR count). The smallest absolute Gasteiger partial charge is 0.272 e. The molecule has 0 radical (unpaired) electrons. The number of hydrogen-bond donors (Lipinski definition) is 0. The summed E-state index contributed by atoms with van der Waals surface area (Å²) >= 11 is 3.33. The van der Waals surface area contributed by atoms with Crippen LogP contribution in [0.4, 0.5) is 0 Å². The van der Waals surface area contributed by atoms with Gasteiger partial charge in [-0.3, -0.25) is 4.79 Å². The van der Waals surface area contributed by atoms with Gasteiger partial charge >= 0.3 is 0 Å². The zero-order valence-electron chi connectivity index (χ0n) is 11.1. The number of rotatable bonds is 1. The van der Waals surface area contributed by atoms with Crippen molar-refractivity contribution in [2.75, 3.05) is 13.1 Å². The first kappa shape index (κ1) is 13.5. The molecule has 1 aliphatic heterocycles. The summed E-state index contributed by atoms with van der Waals surface area (Å²) in [5.74, 6) is 0.631. The van der Waals surface area contributed by atoms with Crippen LogP contribution in [0.15, 0.2) is 22.8 Å². The Balaban J connectivity index is 2.06. The fraction of sp³-hybridized carbons (Fsp3) is 0.571. The monoisotopic (exact) mass is 310 g/mol. The summed E-state index contributed by atoms with van der Waals surface area (Å²) in [5, 5.41) is 0. The Bertz CT molecular complexity index is 436. The number of halogens is 1. The highest BCUT2D eigenvalue weighted by atomic mass is 79.9. The quantitative estimate of drug-likeness (QED) is 0.797. The molecule has 1 unspecified atom stereocenters. The molecule has 1 aromatic rings. The Labute approximate surface area is 117 Å². The topological polar surface area (TPSA) is 33.2 Å². The fourth-order valence-corrected chi connectivity index (χ4v) is 2.55. The minimum absolute atomic E-state index is 0.0502. The Morgan fingerprint density at radius 2 is 2.17 bits per heavy atom. The highest BCUT2D eigenvalue weighted by Crippen LogP contribution is 2.33. The number of likely N-dealkylation sites (tertiary alicyclic amines) is 1. The molecule has 0 N–H and O–H groups in total. The van der Waals surface area contributed by atoms with E-state index in [1.165, 1.54) is 0 Å². The number of carbonyl (C=O) groups is 1. The van der Waals surface area contributed by atoms with Gasteiger partial charge in [-0.25, -0.2) is 4.98 Å². The van der Waals surface area contributed by atoms with E-state index in [0.29, 0.717) is 11.6 Å². The van der Waals surface area contributed by atoms with Crippen LogP contribution >= 0.6 is 15.9 Å². The van der Waals surface area contributed by atoms with Crippen molar-refractivity contribution in [3.05, 3.63) is 28.5 Å². The molecule has 0 saturated carbocycles. The van der Waals surface area contributed by atoms with E-state index in [9.17, 15) is 4.79 Å². The molecular formula is C14H19BrN2O. The van der Waals surface area contributed by atoms with E-state index in [2.05, 4.69) is 41.7 Å². The second kappa shape index (κ2) is 5.00. The predicted molar refractivity (Wildman–Crippen MR) is 75.4 cm³/mol. The van der Waals surface area contributed by atoms with Gasteiger partial charge in [0, 0.05) is 23.8 Å². The summed E-state index contributed by atoms with van der Waals surface area (Å²) in [6.45, 7) is 8.41. The second-order valence-corrected chi connectivity index (χ2v) is 6.88. The van der Waals surface area contributed by atoms with E-state index < -0.39 is 0 Å². The van der Waals surface area contributed by atoms with E-state index in [4.69, 9.17) is 0 Å². The van der Waals surface area contributed by atoms with Gasteiger partial charge < -0.3 is 4.90 Å². The molecular weight excluding hydrogens is 292 g/mol. The molecule has 0 aromatic carbocycles. The van der Waals surface area contributed by atoms with Crippen LogP contribution in [-0.2, 0) is 0 Å². The van der Waals surface area contributed by atoms with E-state index in [1.807, 2.05) is 11.0 Å². The summed E-state index contributed by atoms with van der Waals surface area (Å²) in [6, 6.07) is 3.63. The van der Waals surface area contributed by atoms with E-state index >= 15 is 0 Å². The Hall–Kier alpha value is -0.900. The van der Waals surface area contributed by atoms with Crippen molar-refractivity contribution in [1.29, 1.82) is 0 Å². The van der Waals surface area contributed by atoms with Gasteiger partial charge in [0.25, 0.3) is 5.91 Å². The maximum absolute atomic E-state index is 12.3. The van der Waals surface area contributed by atoms with Gasteiger partial charge in [-0.15, -0.1) is 0 Å². The minimum Gasteiger partial charge on any atom is -0.337 e. The first-order valence-corrected chi connectivity index (χ1v) is 7.08. The summed E-state index contributed by atoms with van der Waals surface area (Å²) < 4.78 is 0.896. The molecule has 0 bridgehead atoms. The van der Waals surface area contributed by atoms with Gasteiger partial charge in [0.15, 0.2) is 0 Å². The maximum atomic E-state index is 12.3. The van der Waals surface area contributed by atoms with Crippen LogP contribution in [0.25, 0.3) is 0 Å². The third-order valence-electron chi connectivity index (χ3n) is 3.65. The van der Waals surface area contributed by atoms with Crippen molar-refractivity contribution in [2.24, 2.45) is 11.3 Å². The predicted octanol–water partition coefficient (Wildman–Crippen LogP) is 3.35. The first-order valence-electron chi connectivity index (χ1n) is 6.29. The van der Waals surface area contributed by atoms with Crippen molar-refractivity contribution < 1.29 is 4.79 Å². The SMILES string of the molecule is CC(C)(C)C1CCN(C(=O)c2ccc(Br)cn2)C1. The first-order chi connectivity index (χ1) is 8.38. The standard InChI is InChI=1S/C14H19BrN2O/c1-14(2,3)10-6-7-17(9-10)13(18)12-5-4-11(15)8-16-12/h4-5,8,10H,6-7,9H2,1-3H3. The second-order valence-electron chi connectivity index (χ2n) is 5.96. The molecule has 1 fully saturated rings. The third-order valence-corrected chi connectivity index (χ3v) is 4.12. The van der Waals surface area contributed by atoms with Crippen LogP contribution < -0.4 is 0 Å². The molecule has 1 atom stereocenters. The van der Waals surface area contributed by atoms with Crippen LogP contribution in [0.5, 0.6) is 0 Å². The minimum atomic E-state index is 0.0502. The third kappa shape index (κ3) is 2.91. The molecule has 1 amide bonds.